The summed E-state index contributed by atoms with van der Waals surface area (Å²) >= 11 is 1.43. The molecule has 8 heteroatoms. The summed E-state index contributed by atoms with van der Waals surface area (Å²) in [6, 6.07) is 26.7. The zero-order chi connectivity index (χ0) is 28.9. The Morgan fingerprint density at radius 1 is 0.952 bits per heavy atom. The predicted octanol–water partition coefficient (Wildman–Crippen LogP) is 7.31. The highest BCUT2D eigenvalue weighted by Gasteiger charge is 2.43. The van der Waals surface area contributed by atoms with Gasteiger partial charge in [-0.3, -0.25) is 9.36 Å². The Hall–Kier alpha value is -3.65. The van der Waals surface area contributed by atoms with E-state index in [2.05, 4.69) is 21.7 Å². The molecule has 0 radical (unpaired) electrons. The highest BCUT2D eigenvalue weighted by atomic mass is 32.2. The number of fused-ring (bicyclic) bond motifs is 2. The summed E-state index contributed by atoms with van der Waals surface area (Å²) in [7, 11) is 0. The van der Waals surface area contributed by atoms with E-state index in [-0.39, 0.29) is 30.1 Å². The van der Waals surface area contributed by atoms with Crippen molar-refractivity contribution in [2.75, 3.05) is 5.75 Å². The van der Waals surface area contributed by atoms with E-state index < -0.39 is 5.82 Å². The van der Waals surface area contributed by atoms with E-state index in [1.165, 1.54) is 43.5 Å². The van der Waals surface area contributed by atoms with Crippen molar-refractivity contribution < 1.29 is 13.9 Å². The van der Waals surface area contributed by atoms with E-state index in [1.807, 2.05) is 65.6 Å². The maximum atomic E-state index is 14.3. The van der Waals surface area contributed by atoms with Crippen LogP contribution in [0.2, 0.25) is 0 Å². The molecule has 42 heavy (non-hydrogen) atoms. The molecule has 2 fully saturated rings. The van der Waals surface area contributed by atoms with Gasteiger partial charge in [0, 0.05) is 19.1 Å². The minimum Gasteiger partial charge on any atom is -0.483 e. The van der Waals surface area contributed by atoms with Crippen molar-refractivity contribution in [3.8, 4) is 5.75 Å². The SMILES string of the molecule is C[C@H]([C@@H]1C[C@H]2CC[C@H]1C2)n1c(COc2ccccc2F)nnc1SCC(=O)N(Cc1ccccc1)Cc1ccccc1. The largest absolute Gasteiger partial charge is 0.483 e. The van der Waals surface area contributed by atoms with Crippen LogP contribution >= 0.6 is 11.8 Å². The first-order valence-corrected chi connectivity index (χ1v) is 15.8. The van der Waals surface area contributed by atoms with E-state index in [0.29, 0.717) is 35.9 Å². The van der Waals surface area contributed by atoms with Gasteiger partial charge in [0.05, 0.1) is 5.75 Å². The third-order valence-corrected chi connectivity index (χ3v) is 9.79. The van der Waals surface area contributed by atoms with Crippen molar-refractivity contribution >= 4 is 17.7 Å². The van der Waals surface area contributed by atoms with E-state index in [1.54, 1.807) is 18.2 Å². The van der Waals surface area contributed by atoms with Crippen LogP contribution in [0.15, 0.2) is 90.1 Å². The van der Waals surface area contributed by atoms with Gasteiger partial charge in [-0.25, -0.2) is 4.39 Å². The van der Waals surface area contributed by atoms with E-state index in [0.717, 1.165) is 17.0 Å². The smallest absolute Gasteiger partial charge is 0.233 e. The Labute approximate surface area is 251 Å². The zero-order valence-corrected chi connectivity index (χ0v) is 24.8. The molecular formula is C34H37FN4O2S. The molecule has 0 spiro atoms. The van der Waals surface area contributed by atoms with Crippen LogP contribution in [0.25, 0.3) is 0 Å². The first-order valence-electron chi connectivity index (χ1n) is 14.8. The zero-order valence-electron chi connectivity index (χ0n) is 23.9. The minimum absolute atomic E-state index is 0.0407. The van der Waals surface area contributed by atoms with Gasteiger partial charge in [-0.2, -0.15) is 0 Å². The van der Waals surface area contributed by atoms with Crippen LogP contribution in [0.3, 0.4) is 0 Å². The average Bonchev–Trinajstić information content (AvgIpc) is 3.76. The number of carbonyl (C=O) groups excluding carboxylic acids is 1. The molecule has 0 N–H and O–H groups in total. The van der Waals surface area contributed by atoms with Crippen molar-refractivity contribution in [1.82, 2.24) is 19.7 Å². The number of rotatable bonds is 12. The van der Waals surface area contributed by atoms with Crippen LogP contribution in [0.1, 0.15) is 55.6 Å². The first kappa shape index (κ1) is 28.5. The molecule has 4 aromatic rings. The number of hydrogen-bond acceptors (Lipinski definition) is 5. The average molecular weight is 585 g/mol. The van der Waals surface area contributed by atoms with Crippen LogP contribution in [0, 0.1) is 23.6 Å². The summed E-state index contributed by atoms with van der Waals surface area (Å²) in [4.78, 5) is 15.6. The molecule has 218 valence electrons. The van der Waals surface area contributed by atoms with Gasteiger partial charge in [0.25, 0.3) is 0 Å². The van der Waals surface area contributed by atoms with Crippen molar-refractivity contribution in [2.24, 2.45) is 17.8 Å². The molecule has 2 bridgehead atoms. The summed E-state index contributed by atoms with van der Waals surface area (Å²) in [6.07, 6.45) is 5.11. The summed E-state index contributed by atoms with van der Waals surface area (Å²) in [5.74, 6) is 2.79. The molecule has 1 aromatic heterocycles. The highest BCUT2D eigenvalue weighted by Crippen LogP contribution is 2.52. The first-order chi connectivity index (χ1) is 20.5. The Kier molecular flexibility index (Phi) is 8.89. The second-order valence-electron chi connectivity index (χ2n) is 11.6. The lowest BCUT2D eigenvalue weighted by atomic mass is 9.84. The van der Waals surface area contributed by atoms with E-state index in [9.17, 15) is 9.18 Å². The molecule has 2 aliphatic carbocycles. The summed E-state index contributed by atoms with van der Waals surface area (Å²) in [5, 5.41) is 9.74. The van der Waals surface area contributed by atoms with E-state index >= 15 is 0 Å². The molecular weight excluding hydrogens is 547 g/mol. The van der Waals surface area contributed by atoms with Gasteiger partial charge in [0.2, 0.25) is 5.91 Å². The summed E-state index contributed by atoms with van der Waals surface area (Å²) < 4.78 is 22.3. The number of hydrogen-bond donors (Lipinski definition) is 0. The highest BCUT2D eigenvalue weighted by molar-refractivity contribution is 7.99. The van der Waals surface area contributed by atoms with Crippen molar-refractivity contribution in [1.29, 1.82) is 0 Å². The Morgan fingerprint density at radius 3 is 2.24 bits per heavy atom. The van der Waals surface area contributed by atoms with Crippen LogP contribution in [-0.4, -0.2) is 31.3 Å². The van der Waals surface area contributed by atoms with Gasteiger partial charge in [-0.05, 0) is 67.2 Å². The number of carbonyl (C=O) groups is 1. The van der Waals surface area contributed by atoms with Gasteiger partial charge >= 0.3 is 0 Å². The number of ether oxygens (including phenoxy) is 1. The fraction of sp³-hybridized carbons (Fsp3) is 0.382. The van der Waals surface area contributed by atoms with Gasteiger partial charge < -0.3 is 9.64 Å². The number of amides is 1. The maximum Gasteiger partial charge on any atom is 0.233 e. The standard InChI is InChI=1S/C34H37FN4O2S/c1-24(29-19-27-16-17-28(29)18-27)39-32(22-41-31-15-9-8-14-30(31)35)36-37-34(39)42-23-33(40)38(20-25-10-4-2-5-11-25)21-26-12-6-3-7-13-26/h2-15,24,27-29H,16-23H2,1H3/t24-,27+,28+,29+/m1/s1. The summed E-state index contributed by atoms with van der Waals surface area (Å²) in [5.41, 5.74) is 2.18. The lowest BCUT2D eigenvalue weighted by Crippen LogP contribution is -2.31. The quantitative estimate of drug-likeness (QED) is 0.163. The van der Waals surface area contributed by atoms with Crippen molar-refractivity contribution in [3.05, 3.63) is 108 Å². The molecule has 1 amide bonds. The molecule has 1 heterocycles. The molecule has 4 atom stereocenters. The van der Waals surface area contributed by atoms with Gasteiger partial charge in [0.1, 0.15) is 6.61 Å². The maximum absolute atomic E-state index is 14.3. The second kappa shape index (κ2) is 13.1. The number of nitrogens with zero attached hydrogens (tertiary/aromatic N) is 4. The van der Waals surface area contributed by atoms with Gasteiger partial charge in [-0.15, -0.1) is 10.2 Å². The Morgan fingerprint density at radius 2 is 1.62 bits per heavy atom. The molecule has 0 saturated heterocycles. The van der Waals surface area contributed by atoms with Crippen molar-refractivity contribution in [3.63, 3.8) is 0 Å². The number of thioether (sulfide) groups is 1. The molecule has 2 saturated carbocycles. The van der Waals surface area contributed by atoms with Crippen LogP contribution < -0.4 is 4.74 Å². The van der Waals surface area contributed by atoms with Crippen LogP contribution in [0.4, 0.5) is 4.39 Å². The normalized spacial score (nSPS) is 20.0. The number of benzene rings is 3. The third kappa shape index (κ3) is 6.54. The fourth-order valence-corrected chi connectivity index (χ4v) is 7.70. The molecule has 3 aromatic carbocycles. The van der Waals surface area contributed by atoms with Crippen LogP contribution in [-0.2, 0) is 24.5 Å². The molecule has 6 rings (SSSR count). The van der Waals surface area contributed by atoms with Gasteiger partial charge in [0.15, 0.2) is 22.5 Å². The Balaban J connectivity index is 1.21. The molecule has 0 aliphatic heterocycles. The number of halogens is 1. The predicted molar refractivity (Wildman–Crippen MR) is 162 cm³/mol. The molecule has 0 unspecified atom stereocenters. The summed E-state index contributed by atoms with van der Waals surface area (Å²) in [6.45, 7) is 3.42. The van der Waals surface area contributed by atoms with E-state index in [4.69, 9.17) is 4.74 Å². The van der Waals surface area contributed by atoms with Crippen molar-refractivity contribution in [2.45, 2.75) is 63.5 Å². The van der Waals surface area contributed by atoms with Crippen LogP contribution in [0.5, 0.6) is 5.75 Å². The molecule has 6 nitrogen and oxygen atoms in total. The lowest BCUT2D eigenvalue weighted by Gasteiger charge is -2.30. The second-order valence-corrected chi connectivity index (χ2v) is 12.5. The minimum atomic E-state index is -0.401. The topological polar surface area (TPSA) is 60.2 Å². The third-order valence-electron chi connectivity index (χ3n) is 8.86. The number of para-hydroxylation sites is 1. The lowest BCUT2D eigenvalue weighted by molar-refractivity contribution is -0.129. The van der Waals surface area contributed by atoms with Gasteiger partial charge in [-0.1, -0.05) is 91.0 Å². The Bertz CT molecular complexity index is 1440. The number of aromatic nitrogens is 3. The fourth-order valence-electron chi connectivity index (χ4n) is 6.75. The monoisotopic (exact) mass is 584 g/mol. The molecule has 2 aliphatic rings.